The quantitative estimate of drug-likeness (QED) is 0.786. The average molecular weight is 221 g/mol. The number of thioether (sulfide) groups is 1. The lowest BCUT2D eigenvalue weighted by Gasteiger charge is -2.46. The van der Waals surface area contributed by atoms with E-state index in [0.29, 0.717) is 5.92 Å². The lowest BCUT2D eigenvalue weighted by atomic mass is 9.75. The average Bonchev–Trinajstić information content (AvgIpc) is 2.20. The van der Waals surface area contributed by atoms with Crippen molar-refractivity contribution in [2.75, 3.05) is 12.3 Å². The molecule has 1 heterocycles. The molecule has 82 valence electrons. The van der Waals surface area contributed by atoms with Crippen molar-refractivity contribution in [3.05, 3.63) is 29.8 Å². The van der Waals surface area contributed by atoms with E-state index >= 15 is 0 Å². The Morgan fingerprint density at radius 1 is 1.33 bits per heavy atom. The van der Waals surface area contributed by atoms with Gasteiger partial charge in [0.25, 0.3) is 0 Å². The summed E-state index contributed by atoms with van der Waals surface area (Å²) >= 11 is 1.91. The fourth-order valence-corrected chi connectivity index (χ4v) is 2.77. The van der Waals surface area contributed by atoms with Crippen molar-refractivity contribution in [3.63, 3.8) is 0 Å². The van der Waals surface area contributed by atoms with Gasteiger partial charge in [0.15, 0.2) is 0 Å². The summed E-state index contributed by atoms with van der Waals surface area (Å²) in [5, 5.41) is 3.47. The summed E-state index contributed by atoms with van der Waals surface area (Å²) in [6, 6.07) is 9.06. The van der Waals surface area contributed by atoms with E-state index in [9.17, 15) is 0 Å². The summed E-state index contributed by atoms with van der Waals surface area (Å²) in [7, 11) is 0. The Morgan fingerprint density at radius 3 is 2.40 bits per heavy atom. The maximum absolute atomic E-state index is 3.47. The van der Waals surface area contributed by atoms with E-state index in [-0.39, 0.29) is 5.54 Å². The van der Waals surface area contributed by atoms with E-state index in [1.807, 2.05) is 11.8 Å². The van der Waals surface area contributed by atoms with Crippen molar-refractivity contribution in [3.8, 4) is 0 Å². The Labute approximate surface area is 96.7 Å². The molecule has 1 atom stereocenters. The molecule has 0 bridgehead atoms. The van der Waals surface area contributed by atoms with Gasteiger partial charge in [0.1, 0.15) is 0 Å². The standard InChI is InChI=1S/C13H19NS/c1-4-15-11-7-5-10(6-8-11)12-9-14-13(12,2)3/h5-8,12,14H,4,9H2,1-3H3. The van der Waals surface area contributed by atoms with Crippen molar-refractivity contribution in [1.82, 2.24) is 5.32 Å². The molecule has 2 heteroatoms. The van der Waals surface area contributed by atoms with Gasteiger partial charge < -0.3 is 5.32 Å². The molecule has 0 aliphatic carbocycles. The number of rotatable bonds is 3. The smallest absolute Gasteiger partial charge is 0.0206 e. The summed E-state index contributed by atoms with van der Waals surface area (Å²) in [5.74, 6) is 1.83. The van der Waals surface area contributed by atoms with Gasteiger partial charge in [-0.15, -0.1) is 11.8 Å². The van der Waals surface area contributed by atoms with E-state index in [2.05, 4.69) is 50.4 Å². The third-order valence-electron chi connectivity index (χ3n) is 3.23. The Hall–Kier alpha value is -0.470. The maximum Gasteiger partial charge on any atom is 0.0206 e. The first-order valence-corrected chi connectivity index (χ1v) is 6.60. The highest BCUT2D eigenvalue weighted by Gasteiger charge is 2.38. The van der Waals surface area contributed by atoms with Crippen LogP contribution in [0.4, 0.5) is 0 Å². The van der Waals surface area contributed by atoms with Crippen LogP contribution in [0, 0.1) is 0 Å². The van der Waals surface area contributed by atoms with E-state index in [1.165, 1.54) is 10.5 Å². The lowest BCUT2D eigenvalue weighted by molar-refractivity contribution is 0.208. The zero-order chi connectivity index (χ0) is 10.9. The van der Waals surface area contributed by atoms with E-state index in [0.717, 1.165) is 12.3 Å². The molecule has 1 aromatic rings. The van der Waals surface area contributed by atoms with E-state index in [4.69, 9.17) is 0 Å². The summed E-state index contributed by atoms with van der Waals surface area (Å²) in [6.45, 7) is 7.86. The predicted octanol–water partition coefficient (Wildman–Crippen LogP) is 3.26. The fourth-order valence-electron chi connectivity index (χ4n) is 2.11. The van der Waals surface area contributed by atoms with Crippen LogP contribution in [0.25, 0.3) is 0 Å². The van der Waals surface area contributed by atoms with Crippen LogP contribution < -0.4 is 5.32 Å². The Kier molecular flexibility index (Phi) is 3.08. The van der Waals surface area contributed by atoms with Crippen LogP contribution in [-0.2, 0) is 0 Å². The molecular weight excluding hydrogens is 202 g/mol. The minimum absolute atomic E-state index is 0.277. The van der Waals surface area contributed by atoms with Crippen LogP contribution in [0.2, 0.25) is 0 Å². The molecular formula is C13H19NS. The Bertz CT molecular complexity index is 329. The molecule has 1 saturated heterocycles. The predicted molar refractivity (Wildman–Crippen MR) is 67.7 cm³/mol. The number of hydrogen-bond acceptors (Lipinski definition) is 2. The van der Waals surface area contributed by atoms with Crippen LogP contribution in [0.1, 0.15) is 32.3 Å². The molecule has 0 radical (unpaired) electrons. The van der Waals surface area contributed by atoms with Crippen molar-refractivity contribution in [2.45, 2.75) is 37.1 Å². The van der Waals surface area contributed by atoms with Crippen LogP contribution in [0.5, 0.6) is 0 Å². The Balaban J connectivity index is 2.10. The van der Waals surface area contributed by atoms with Crippen molar-refractivity contribution in [2.24, 2.45) is 0 Å². The molecule has 1 nitrogen and oxygen atoms in total. The third-order valence-corrected chi connectivity index (χ3v) is 4.12. The zero-order valence-corrected chi connectivity index (χ0v) is 10.5. The molecule has 0 amide bonds. The van der Waals surface area contributed by atoms with Crippen LogP contribution in [0.3, 0.4) is 0 Å². The molecule has 1 fully saturated rings. The van der Waals surface area contributed by atoms with E-state index in [1.54, 1.807) is 0 Å². The van der Waals surface area contributed by atoms with Gasteiger partial charge in [-0.2, -0.15) is 0 Å². The fraction of sp³-hybridized carbons (Fsp3) is 0.538. The van der Waals surface area contributed by atoms with E-state index < -0.39 is 0 Å². The minimum atomic E-state index is 0.277. The van der Waals surface area contributed by atoms with Gasteiger partial charge in [-0.1, -0.05) is 19.1 Å². The zero-order valence-electron chi connectivity index (χ0n) is 9.71. The monoisotopic (exact) mass is 221 g/mol. The number of hydrogen-bond donors (Lipinski definition) is 1. The van der Waals surface area contributed by atoms with Crippen molar-refractivity contribution < 1.29 is 0 Å². The van der Waals surface area contributed by atoms with Gasteiger partial charge in [0, 0.05) is 22.9 Å². The normalized spacial score (nSPS) is 23.5. The minimum Gasteiger partial charge on any atom is -0.310 e. The van der Waals surface area contributed by atoms with Gasteiger partial charge >= 0.3 is 0 Å². The first kappa shape index (κ1) is 11.0. The molecule has 15 heavy (non-hydrogen) atoms. The van der Waals surface area contributed by atoms with Crippen molar-refractivity contribution in [1.29, 1.82) is 0 Å². The lowest BCUT2D eigenvalue weighted by Crippen LogP contribution is -2.59. The molecule has 0 saturated carbocycles. The molecule has 1 N–H and O–H groups in total. The second-order valence-corrected chi connectivity index (χ2v) is 5.99. The summed E-state index contributed by atoms with van der Waals surface area (Å²) in [6.07, 6.45) is 0. The summed E-state index contributed by atoms with van der Waals surface area (Å²) in [4.78, 5) is 1.38. The maximum atomic E-state index is 3.47. The first-order valence-electron chi connectivity index (χ1n) is 5.61. The Morgan fingerprint density at radius 2 is 2.00 bits per heavy atom. The molecule has 0 aromatic heterocycles. The second-order valence-electron chi connectivity index (χ2n) is 4.66. The van der Waals surface area contributed by atoms with Gasteiger partial charge in [-0.05, 0) is 37.3 Å². The second kappa shape index (κ2) is 4.18. The SMILES string of the molecule is CCSc1ccc(C2CNC2(C)C)cc1. The number of benzene rings is 1. The highest BCUT2D eigenvalue weighted by molar-refractivity contribution is 7.99. The van der Waals surface area contributed by atoms with Gasteiger partial charge in [-0.3, -0.25) is 0 Å². The van der Waals surface area contributed by atoms with Gasteiger partial charge in [-0.25, -0.2) is 0 Å². The van der Waals surface area contributed by atoms with Crippen LogP contribution >= 0.6 is 11.8 Å². The highest BCUT2D eigenvalue weighted by Crippen LogP contribution is 2.35. The summed E-state index contributed by atoms with van der Waals surface area (Å²) in [5.41, 5.74) is 1.75. The molecule has 1 unspecified atom stereocenters. The van der Waals surface area contributed by atoms with Crippen LogP contribution in [0.15, 0.2) is 29.2 Å². The largest absolute Gasteiger partial charge is 0.310 e. The topological polar surface area (TPSA) is 12.0 Å². The number of nitrogens with one attached hydrogen (secondary N) is 1. The molecule has 1 aromatic carbocycles. The van der Waals surface area contributed by atoms with Gasteiger partial charge in [0.2, 0.25) is 0 Å². The highest BCUT2D eigenvalue weighted by atomic mass is 32.2. The van der Waals surface area contributed by atoms with Crippen molar-refractivity contribution >= 4 is 11.8 Å². The molecule has 1 aliphatic heterocycles. The molecule has 1 aliphatic rings. The summed E-state index contributed by atoms with van der Waals surface area (Å²) < 4.78 is 0. The first-order chi connectivity index (χ1) is 7.13. The molecule has 0 spiro atoms. The van der Waals surface area contributed by atoms with Crippen LogP contribution in [-0.4, -0.2) is 17.8 Å². The van der Waals surface area contributed by atoms with Gasteiger partial charge in [0.05, 0.1) is 0 Å². The molecule has 2 rings (SSSR count). The third kappa shape index (κ3) is 2.21.